The molecule has 0 unspecified atom stereocenters. The van der Waals surface area contributed by atoms with E-state index >= 15 is 0 Å². The van der Waals surface area contributed by atoms with Gasteiger partial charge in [0, 0.05) is 32.3 Å². The van der Waals surface area contributed by atoms with Crippen molar-refractivity contribution in [3.63, 3.8) is 0 Å². The van der Waals surface area contributed by atoms with E-state index in [-0.39, 0.29) is 39.7 Å². The molecule has 1 aromatic carbocycles. The zero-order chi connectivity index (χ0) is 26.4. The van der Waals surface area contributed by atoms with Gasteiger partial charge < -0.3 is 16.6 Å². The molecule has 10 nitrogen and oxygen atoms in total. The predicted octanol–water partition coefficient (Wildman–Crippen LogP) is 5.06. The zero-order valence-electron chi connectivity index (χ0n) is 18.5. The number of ketones is 2. The number of nitro groups is 1. The first-order chi connectivity index (χ1) is 16.2. The second-order valence-electron chi connectivity index (χ2n) is 5.54. The normalized spacial score (nSPS) is 7.71. The average Bonchev–Trinajstić information content (AvgIpc) is 2.82. The Balaban J connectivity index is -0.000000390. The monoisotopic (exact) mass is 555 g/mol. The molecule has 2 heterocycles. The van der Waals surface area contributed by atoms with Crippen molar-refractivity contribution in [2.45, 2.75) is 13.8 Å². The standard InChI is InChI=1S/2C7H7NO.C6H6N2O2.2CNS.Co/c2*1-6(9)7-4-2-3-5-8-7;7-5-3-1-2-4-6(5)8(9)10;2*2-1-3;/h2*2-5H,1H3;1-4H,7H2;;;/q;;;2*-1;+2. The molecule has 2 N–H and O–H groups in total. The number of aromatic nitrogens is 2. The molecular weight excluding hydrogens is 535 g/mol. The van der Waals surface area contributed by atoms with E-state index in [1.54, 1.807) is 60.9 Å². The SMILES string of the molecule is CC(=O)c1ccccn1.CC(=O)c1ccccn1.Nc1ccccc1[N+](=O)[O-].[Co+2].[N-]=C=S.[N-]=C=S. The van der Waals surface area contributed by atoms with Gasteiger partial charge in [0.1, 0.15) is 17.1 Å². The Morgan fingerprint density at radius 1 is 0.857 bits per heavy atom. The largest absolute Gasteiger partial charge is 2.00 e. The Labute approximate surface area is 223 Å². The number of thiocarbonyl (C=S) groups is 2. The maximum atomic E-state index is 10.6. The smallest absolute Gasteiger partial charge is 0.753 e. The number of para-hydroxylation sites is 2. The van der Waals surface area contributed by atoms with Crippen molar-refractivity contribution < 1.29 is 31.3 Å². The third-order valence-electron chi connectivity index (χ3n) is 3.18. The van der Waals surface area contributed by atoms with E-state index < -0.39 is 4.92 Å². The molecule has 183 valence electrons. The van der Waals surface area contributed by atoms with Crippen LogP contribution in [0.4, 0.5) is 11.4 Å². The van der Waals surface area contributed by atoms with Gasteiger partial charge in [-0.25, -0.2) is 0 Å². The molecule has 3 aromatic rings. The molecule has 0 saturated carbocycles. The Hall–Kier alpha value is -3.83. The van der Waals surface area contributed by atoms with Crippen molar-refractivity contribution in [1.82, 2.24) is 9.97 Å². The van der Waals surface area contributed by atoms with Crippen LogP contribution in [0.25, 0.3) is 10.8 Å². The van der Waals surface area contributed by atoms with Crippen LogP contribution >= 0.6 is 24.4 Å². The number of hydrogen-bond donors (Lipinski definition) is 1. The molecule has 13 heteroatoms. The van der Waals surface area contributed by atoms with E-state index in [4.69, 9.17) is 16.6 Å². The Kier molecular flexibility index (Phi) is 23.8. The van der Waals surface area contributed by atoms with Crippen molar-refractivity contribution in [3.8, 4) is 0 Å². The van der Waals surface area contributed by atoms with Gasteiger partial charge >= 0.3 is 16.8 Å². The third kappa shape index (κ3) is 19.4. The van der Waals surface area contributed by atoms with Gasteiger partial charge in [-0.05, 0) is 30.3 Å². The fraction of sp³-hybridized carbons (Fsp3) is 0.0909. The van der Waals surface area contributed by atoms with Crippen LogP contribution in [0.2, 0.25) is 0 Å². The summed E-state index contributed by atoms with van der Waals surface area (Å²) < 4.78 is 0. The number of carbonyl (C=O) groups excluding carboxylic acids is 2. The summed E-state index contributed by atoms with van der Waals surface area (Å²) >= 11 is 7.40. The minimum atomic E-state index is -0.505. The van der Waals surface area contributed by atoms with E-state index in [2.05, 4.69) is 34.4 Å². The number of nitrogens with two attached hydrogens (primary N) is 1. The molecular formula is C22H20CoN6O4S2. The van der Waals surface area contributed by atoms with Crippen molar-refractivity contribution in [3.05, 3.63) is 105 Å². The number of benzene rings is 1. The number of Topliss-reactive ketones (excluding diaryl/α,β-unsaturated/α-hetero) is 2. The molecule has 0 bridgehead atoms. The Morgan fingerprint density at radius 3 is 1.40 bits per heavy atom. The second kappa shape index (κ2) is 23.3. The minimum Gasteiger partial charge on any atom is -0.753 e. The summed E-state index contributed by atoms with van der Waals surface area (Å²) in [7, 11) is 0. The quantitative estimate of drug-likeness (QED) is 0.116. The van der Waals surface area contributed by atoms with Crippen LogP contribution in [0.15, 0.2) is 73.1 Å². The van der Waals surface area contributed by atoms with Crippen LogP contribution in [0.3, 0.4) is 0 Å². The van der Waals surface area contributed by atoms with Crippen molar-refractivity contribution in [2.75, 3.05) is 5.73 Å². The van der Waals surface area contributed by atoms with Gasteiger partial charge in [0.25, 0.3) is 5.69 Å². The number of isothiocyanates is 2. The van der Waals surface area contributed by atoms with Gasteiger partial charge in [0.15, 0.2) is 11.6 Å². The van der Waals surface area contributed by atoms with Gasteiger partial charge in [-0.1, -0.05) is 48.7 Å². The van der Waals surface area contributed by atoms with Gasteiger partial charge in [0.05, 0.1) is 4.92 Å². The number of anilines is 1. The summed E-state index contributed by atoms with van der Waals surface area (Å²) in [6, 6.07) is 16.7. The molecule has 3 rings (SSSR count). The van der Waals surface area contributed by atoms with Crippen molar-refractivity contribution >= 4 is 57.7 Å². The molecule has 0 atom stereocenters. The first-order valence-electron chi connectivity index (χ1n) is 9.01. The second-order valence-corrected chi connectivity index (χ2v) is 5.91. The van der Waals surface area contributed by atoms with Gasteiger partial charge in [0.2, 0.25) is 0 Å². The van der Waals surface area contributed by atoms with Crippen LogP contribution in [0.1, 0.15) is 34.8 Å². The maximum absolute atomic E-state index is 10.6. The Morgan fingerprint density at radius 2 is 1.20 bits per heavy atom. The van der Waals surface area contributed by atoms with Gasteiger partial charge in [-0.15, -0.1) is 0 Å². The summed E-state index contributed by atoms with van der Waals surface area (Å²) in [4.78, 5) is 38.5. The molecule has 0 aliphatic carbocycles. The number of hydrogen-bond acceptors (Lipinski definition) is 9. The molecule has 0 aliphatic rings. The first-order valence-corrected chi connectivity index (χ1v) is 9.83. The molecule has 0 spiro atoms. The number of carbonyl (C=O) groups is 2. The summed E-state index contributed by atoms with van der Waals surface area (Å²) in [5.74, 6) is 0.0196. The van der Waals surface area contributed by atoms with Crippen LogP contribution in [0, 0.1) is 10.1 Å². The summed E-state index contributed by atoms with van der Waals surface area (Å²) in [6.07, 6.45) is 3.22. The van der Waals surface area contributed by atoms with E-state index in [0.29, 0.717) is 11.4 Å². The third-order valence-corrected chi connectivity index (χ3v) is 3.18. The van der Waals surface area contributed by atoms with E-state index in [9.17, 15) is 19.7 Å². The van der Waals surface area contributed by atoms with E-state index in [1.165, 1.54) is 36.3 Å². The molecule has 0 fully saturated rings. The fourth-order valence-corrected chi connectivity index (χ4v) is 1.80. The van der Waals surface area contributed by atoms with Crippen molar-refractivity contribution in [2.24, 2.45) is 0 Å². The molecule has 35 heavy (non-hydrogen) atoms. The number of nitrogens with zero attached hydrogens (tertiary/aromatic N) is 5. The average molecular weight is 556 g/mol. The minimum absolute atomic E-state index is 0. The molecule has 2 aromatic heterocycles. The number of rotatable bonds is 3. The van der Waals surface area contributed by atoms with E-state index in [1.807, 2.05) is 0 Å². The summed E-state index contributed by atoms with van der Waals surface area (Å²) in [6.45, 7) is 3.00. The van der Waals surface area contributed by atoms with Crippen LogP contribution in [-0.4, -0.2) is 36.8 Å². The summed E-state index contributed by atoms with van der Waals surface area (Å²) in [5.41, 5.74) is 6.49. The number of nitro benzene ring substituents is 1. The first kappa shape index (κ1) is 35.7. The molecule has 0 amide bonds. The Bertz CT molecular complexity index is 1050. The van der Waals surface area contributed by atoms with Gasteiger partial charge in [-0.3, -0.25) is 29.7 Å². The van der Waals surface area contributed by atoms with Crippen LogP contribution < -0.4 is 5.73 Å². The topological polar surface area (TPSA) is 174 Å². The fourth-order valence-electron chi connectivity index (χ4n) is 1.80. The van der Waals surface area contributed by atoms with Crippen LogP contribution in [0.5, 0.6) is 0 Å². The number of nitrogen functional groups attached to an aromatic ring is 1. The number of pyridine rings is 2. The van der Waals surface area contributed by atoms with Crippen molar-refractivity contribution in [1.29, 1.82) is 0 Å². The molecule has 1 radical (unpaired) electrons. The maximum Gasteiger partial charge on any atom is 2.00 e. The van der Waals surface area contributed by atoms with Crippen LogP contribution in [-0.2, 0) is 16.8 Å². The molecule has 0 saturated heterocycles. The van der Waals surface area contributed by atoms with E-state index in [0.717, 1.165) is 0 Å². The zero-order valence-corrected chi connectivity index (χ0v) is 21.2. The predicted molar refractivity (Wildman–Crippen MR) is 138 cm³/mol. The molecule has 0 aliphatic heterocycles. The van der Waals surface area contributed by atoms with Gasteiger partial charge in [-0.2, -0.15) is 10.3 Å². The summed E-state index contributed by atoms with van der Waals surface area (Å²) in [5, 5.41) is 27.1.